The minimum atomic E-state index is -0.842. The quantitative estimate of drug-likeness (QED) is 0.494. The van der Waals surface area contributed by atoms with E-state index in [9.17, 15) is 14.7 Å². The molecule has 0 aliphatic rings. The predicted octanol–water partition coefficient (Wildman–Crippen LogP) is 4.33. The lowest BCUT2D eigenvalue weighted by atomic mass is 9.81. The van der Waals surface area contributed by atoms with Gasteiger partial charge in [0.05, 0.1) is 5.92 Å². The van der Waals surface area contributed by atoms with Crippen molar-refractivity contribution in [3.05, 3.63) is 0 Å². The van der Waals surface area contributed by atoms with Gasteiger partial charge in [0.15, 0.2) is 0 Å². The molecule has 4 heteroatoms. The van der Waals surface area contributed by atoms with Crippen LogP contribution in [0.4, 0.5) is 0 Å². The van der Waals surface area contributed by atoms with Crippen molar-refractivity contribution >= 4 is 11.9 Å². The third-order valence-electron chi connectivity index (χ3n) is 3.90. The Kier molecular flexibility index (Phi) is 11.1. The molecule has 0 amide bonds. The Balaban J connectivity index is 4.46. The number of rotatable bonds is 13. The van der Waals surface area contributed by atoms with Crippen LogP contribution in [0.25, 0.3) is 0 Å². The predicted molar refractivity (Wildman–Crippen MR) is 79.8 cm³/mol. The summed E-state index contributed by atoms with van der Waals surface area (Å²) in [5.74, 6) is -1.77. The van der Waals surface area contributed by atoms with Crippen LogP contribution in [0.15, 0.2) is 0 Å². The summed E-state index contributed by atoms with van der Waals surface area (Å²) in [6.45, 7) is 4.26. The maximum absolute atomic E-state index is 11.5. The molecule has 0 aromatic carbocycles. The van der Waals surface area contributed by atoms with Crippen LogP contribution in [0.3, 0.4) is 0 Å². The van der Waals surface area contributed by atoms with Crippen molar-refractivity contribution in [1.29, 1.82) is 0 Å². The first-order valence-corrected chi connectivity index (χ1v) is 7.97. The average Bonchev–Trinajstić information content (AvgIpc) is 2.39. The van der Waals surface area contributed by atoms with Gasteiger partial charge in [-0.25, -0.2) is 0 Å². The van der Waals surface area contributed by atoms with Gasteiger partial charge in [0, 0.05) is 6.42 Å². The Labute approximate surface area is 122 Å². The molecule has 0 spiro atoms. The third kappa shape index (κ3) is 8.94. The number of carboxylic acids is 2. The summed E-state index contributed by atoms with van der Waals surface area (Å²) < 4.78 is 0. The minimum Gasteiger partial charge on any atom is -0.481 e. The van der Waals surface area contributed by atoms with Crippen molar-refractivity contribution in [2.45, 2.75) is 78.1 Å². The molecular weight excluding hydrogens is 256 g/mol. The number of carbonyl (C=O) groups is 2. The normalized spacial score (nSPS) is 13.9. The van der Waals surface area contributed by atoms with Gasteiger partial charge in [-0.05, 0) is 31.6 Å². The van der Waals surface area contributed by atoms with E-state index in [1.54, 1.807) is 0 Å². The van der Waals surface area contributed by atoms with Gasteiger partial charge in [-0.1, -0.05) is 46.0 Å². The molecule has 0 aromatic rings. The maximum Gasteiger partial charge on any atom is 0.306 e. The lowest BCUT2D eigenvalue weighted by molar-refractivity contribution is -0.145. The molecule has 0 heterocycles. The minimum absolute atomic E-state index is 0.0687. The molecule has 2 N–H and O–H groups in total. The van der Waals surface area contributed by atoms with Crippen molar-refractivity contribution in [2.75, 3.05) is 0 Å². The summed E-state index contributed by atoms with van der Waals surface area (Å²) in [5, 5.41) is 18.1. The van der Waals surface area contributed by atoms with Crippen molar-refractivity contribution in [2.24, 2.45) is 11.8 Å². The molecule has 4 nitrogen and oxygen atoms in total. The Morgan fingerprint density at radius 3 is 1.95 bits per heavy atom. The number of hydrogen-bond donors (Lipinski definition) is 2. The van der Waals surface area contributed by atoms with E-state index in [0.717, 1.165) is 44.9 Å². The van der Waals surface area contributed by atoms with Crippen LogP contribution in [0.1, 0.15) is 78.1 Å². The highest BCUT2D eigenvalue weighted by molar-refractivity contribution is 5.70. The van der Waals surface area contributed by atoms with E-state index in [1.807, 2.05) is 0 Å². The van der Waals surface area contributed by atoms with Gasteiger partial charge in [0.2, 0.25) is 0 Å². The smallest absolute Gasteiger partial charge is 0.306 e. The Bertz CT molecular complexity index is 276. The van der Waals surface area contributed by atoms with Gasteiger partial charge in [-0.2, -0.15) is 0 Å². The summed E-state index contributed by atoms with van der Waals surface area (Å²) >= 11 is 0. The highest BCUT2D eigenvalue weighted by Crippen LogP contribution is 2.29. The van der Waals surface area contributed by atoms with Crippen LogP contribution < -0.4 is 0 Å². The largest absolute Gasteiger partial charge is 0.481 e. The van der Waals surface area contributed by atoms with Gasteiger partial charge in [-0.15, -0.1) is 0 Å². The molecule has 2 atom stereocenters. The number of unbranched alkanes of at least 4 members (excludes halogenated alkanes) is 3. The second kappa shape index (κ2) is 11.7. The van der Waals surface area contributed by atoms with Gasteiger partial charge in [0.1, 0.15) is 0 Å². The Hall–Kier alpha value is -1.06. The first kappa shape index (κ1) is 18.9. The van der Waals surface area contributed by atoms with Crippen molar-refractivity contribution in [3.63, 3.8) is 0 Å². The zero-order valence-electron chi connectivity index (χ0n) is 12.9. The fourth-order valence-electron chi connectivity index (χ4n) is 2.70. The van der Waals surface area contributed by atoms with Crippen LogP contribution in [-0.4, -0.2) is 22.2 Å². The van der Waals surface area contributed by atoms with E-state index >= 15 is 0 Å². The molecule has 20 heavy (non-hydrogen) atoms. The fourth-order valence-corrected chi connectivity index (χ4v) is 2.70. The molecule has 118 valence electrons. The molecule has 0 fully saturated rings. The molecule has 0 rings (SSSR count). The molecule has 2 unspecified atom stereocenters. The lowest BCUT2D eigenvalue weighted by Gasteiger charge is -2.24. The van der Waals surface area contributed by atoms with Crippen molar-refractivity contribution < 1.29 is 19.8 Å². The van der Waals surface area contributed by atoms with Crippen LogP contribution in [0.2, 0.25) is 0 Å². The van der Waals surface area contributed by atoms with Gasteiger partial charge < -0.3 is 10.2 Å². The Morgan fingerprint density at radius 1 is 0.850 bits per heavy atom. The number of carboxylic acid groups (broad SMARTS) is 2. The van der Waals surface area contributed by atoms with E-state index in [2.05, 4.69) is 13.8 Å². The van der Waals surface area contributed by atoms with Crippen molar-refractivity contribution in [3.8, 4) is 0 Å². The van der Waals surface area contributed by atoms with E-state index in [1.165, 1.54) is 0 Å². The van der Waals surface area contributed by atoms with Gasteiger partial charge >= 0.3 is 11.9 Å². The topological polar surface area (TPSA) is 74.6 Å². The lowest BCUT2D eigenvalue weighted by Crippen LogP contribution is -2.24. The molecule has 0 saturated carbocycles. The monoisotopic (exact) mass is 286 g/mol. The molecule has 0 radical (unpaired) electrons. The summed E-state index contributed by atoms with van der Waals surface area (Å²) in [5.41, 5.74) is 0. The molecule has 0 bridgehead atoms. The second-order valence-electron chi connectivity index (χ2n) is 5.63. The first-order valence-electron chi connectivity index (χ1n) is 7.97. The fraction of sp³-hybridized carbons (Fsp3) is 0.875. The highest BCUT2D eigenvalue weighted by atomic mass is 16.4. The first-order chi connectivity index (χ1) is 9.52. The summed E-state index contributed by atoms with van der Waals surface area (Å²) in [6.07, 6.45) is 8.41. The summed E-state index contributed by atoms with van der Waals surface area (Å²) in [4.78, 5) is 22.0. The standard InChI is InChI=1S/C16H30O4/c1-3-5-7-10-13(9-6-4-2)14(16(19)20)11-8-12-15(17)18/h13-14H,3-12H2,1-2H3,(H,17,18)(H,19,20). The maximum atomic E-state index is 11.5. The molecular formula is C16H30O4. The zero-order chi connectivity index (χ0) is 15.4. The third-order valence-corrected chi connectivity index (χ3v) is 3.90. The zero-order valence-corrected chi connectivity index (χ0v) is 12.9. The Morgan fingerprint density at radius 2 is 1.45 bits per heavy atom. The van der Waals surface area contributed by atoms with Crippen LogP contribution in [0.5, 0.6) is 0 Å². The number of aliphatic carboxylic acids is 2. The van der Waals surface area contributed by atoms with Crippen LogP contribution in [0, 0.1) is 11.8 Å². The average molecular weight is 286 g/mol. The number of hydrogen-bond acceptors (Lipinski definition) is 2. The molecule has 0 aromatic heterocycles. The summed E-state index contributed by atoms with van der Waals surface area (Å²) in [7, 11) is 0. The van der Waals surface area contributed by atoms with E-state index in [-0.39, 0.29) is 18.3 Å². The van der Waals surface area contributed by atoms with Gasteiger partial charge in [-0.3, -0.25) is 9.59 Å². The van der Waals surface area contributed by atoms with Crippen LogP contribution >= 0.6 is 0 Å². The molecule has 0 aliphatic carbocycles. The van der Waals surface area contributed by atoms with E-state index < -0.39 is 11.9 Å². The molecule has 0 saturated heterocycles. The van der Waals surface area contributed by atoms with Crippen LogP contribution in [-0.2, 0) is 9.59 Å². The van der Waals surface area contributed by atoms with Crippen molar-refractivity contribution in [1.82, 2.24) is 0 Å². The van der Waals surface area contributed by atoms with E-state index in [4.69, 9.17) is 5.11 Å². The second-order valence-corrected chi connectivity index (χ2v) is 5.63. The highest BCUT2D eigenvalue weighted by Gasteiger charge is 2.27. The van der Waals surface area contributed by atoms with E-state index in [0.29, 0.717) is 12.8 Å². The molecule has 0 aliphatic heterocycles. The van der Waals surface area contributed by atoms with Gasteiger partial charge in [0.25, 0.3) is 0 Å². The summed E-state index contributed by atoms with van der Waals surface area (Å²) in [6, 6.07) is 0. The SMILES string of the molecule is CCCCCC(CCCC)C(CCCC(=O)O)C(=O)O.